The molecule has 0 aromatic rings. The van der Waals surface area contributed by atoms with Crippen molar-refractivity contribution in [3.8, 4) is 0 Å². The molecule has 0 spiro atoms. The monoisotopic (exact) mass is 251 g/mol. The third-order valence-electron chi connectivity index (χ3n) is 3.70. The average Bonchev–Trinajstić information content (AvgIpc) is 2.96. The summed E-state index contributed by atoms with van der Waals surface area (Å²) in [6.07, 6.45) is 8.43. The average molecular weight is 251 g/mol. The van der Waals surface area contributed by atoms with Crippen LogP contribution in [-0.2, 0) is 19.2 Å². The molecule has 0 aromatic heterocycles. The number of fused-ring (bicyclic) bond motifs is 1. The van der Waals surface area contributed by atoms with Crippen molar-refractivity contribution in [2.45, 2.75) is 32.6 Å². The van der Waals surface area contributed by atoms with Crippen LogP contribution in [0.15, 0.2) is 12.2 Å². The van der Waals surface area contributed by atoms with E-state index in [0.29, 0.717) is 16.9 Å². The van der Waals surface area contributed by atoms with Crippen LogP contribution in [0.4, 0.5) is 0 Å². The van der Waals surface area contributed by atoms with Gasteiger partial charge in [0.25, 0.3) is 12.3 Å². The van der Waals surface area contributed by atoms with Gasteiger partial charge in [-0.05, 0) is 37.5 Å². The lowest BCUT2D eigenvalue weighted by Gasteiger charge is -2.11. The number of carbonyl (C=O) groups excluding carboxylic acids is 3. The molecule has 0 bridgehead atoms. The third kappa shape index (κ3) is 2.60. The molecule has 0 N–H and O–H groups in total. The number of hydrogen-bond acceptors (Lipinski definition) is 4. The Morgan fingerprint density at radius 1 is 1.22 bits per heavy atom. The smallest absolute Gasteiger partial charge is 0.330 e. The second-order valence-electron chi connectivity index (χ2n) is 4.84. The summed E-state index contributed by atoms with van der Waals surface area (Å²) in [6, 6.07) is 0. The van der Waals surface area contributed by atoms with Crippen LogP contribution in [0.5, 0.6) is 0 Å². The molecule has 1 fully saturated rings. The fraction of sp³-hybridized carbons (Fsp3) is 0.615. The topological polar surface area (TPSA) is 63.7 Å². The Morgan fingerprint density at radius 3 is 2.22 bits per heavy atom. The van der Waals surface area contributed by atoms with E-state index in [4.69, 9.17) is 4.84 Å². The Morgan fingerprint density at radius 2 is 1.78 bits per heavy atom. The van der Waals surface area contributed by atoms with Gasteiger partial charge < -0.3 is 4.84 Å². The minimum absolute atomic E-state index is 0.147. The number of nitrogens with zero attached hydrogens (tertiary/aromatic N) is 1. The Balaban J connectivity index is 1.91. The number of carbonyl (C=O) groups is 3. The maximum Gasteiger partial charge on any atom is 0.336 e. The van der Waals surface area contributed by atoms with Gasteiger partial charge in [-0.3, -0.25) is 9.59 Å². The Bertz CT molecular complexity index is 374. The van der Waals surface area contributed by atoms with Crippen LogP contribution >= 0.6 is 0 Å². The standard InChI is InChI=1S/C13H17NO4/c1-9(16)14(8-15)18-13(17)12-10-6-4-2-3-5-7-11(10)12/h2-3,8,10-12H,4-7H2,1H3/b3-2-. The fourth-order valence-corrected chi connectivity index (χ4v) is 2.71. The largest absolute Gasteiger partial charge is 0.336 e. The Labute approximate surface area is 106 Å². The molecule has 98 valence electrons. The summed E-state index contributed by atoms with van der Waals surface area (Å²) < 4.78 is 0. The first-order chi connectivity index (χ1) is 8.65. The molecule has 0 heterocycles. The van der Waals surface area contributed by atoms with Gasteiger partial charge in [0.1, 0.15) is 0 Å². The first-order valence-corrected chi connectivity index (χ1v) is 6.27. The van der Waals surface area contributed by atoms with Gasteiger partial charge in [-0.15, -0.1) is 5.06 Å². The molecule has 0 aromatic carbocycles. The van der Waals surface area contributed by atoms with Gasteiger partial charge >= 0.3 is 5.97 Å². The summed E-state index contributed by atoms with van der Waals surface area (Å²) in [5, 5.41) is 0.465. The first-order valence-electron chi connectivity index (χ1n) is 6.27. The highest BCUT2D eigenvalue weighted by molar-refractivity contribution is 5.86. The van der Waals surface area contributed by atoms with E-state index in [1.54, 1.807) is 0 Å². The van der Waals surface area contributed by atoms with Gasteiger partial charge in [-0.25, -0.2) is 4.79 Å². The second kappa shape index (κ2) is 5.33. The lowest BCUT2D eigenvalue weighted by Crippen LogP contribution is -2.31. The van der Waals surface area contributed by atoms with E-state index >= 15 is 0 Å². The van der Waals surface area contributed by atoms with Gasteiger partial charge in [0, 0.05) is 6.92 Å². The zero-order chi connectivity index (χ0) is 13.1. The molecule has 18 heavy (non-hydrogen) atoms. The maximum atomic E-state index is 11.9. The molecule has 2 aliphatic rings. The van der Waals surface area contributed by atoms with Crippen LogP contribution in [0.3, 0.4) is 0 Å². The van der Waals surface area contributed by atoms with E-state index in [9.17, 15) is 14.4 Å². The molecule has 2 amide bonds. The van der Waals surface area contributed by atoms with Crippen molar-refractivity contribution in [2.24, 2.45) is 17.8 Å². The minimum atomic E-state index is -0.585. The quantitative estimate of drug-likeness (QED) is 0.423. The van der Waals surface area contributed by atoms with Gasteiger partial charge in [-0.2, -0.15) is 0 Å². The number of amides is 2. The molecule has 5 heteroatoms. The predicted octanol–water partition coefficient (Wildman–Crippen LogP) is 1.44. The van der Waals surface area contributed by atoms with Crippen molar-refractivity contribution in [3.05, 3.63) is 12.2 Å². The zero-order valence-corrected chi connectivity index (χ0v) is 10.4. The highest BCUT2D eigenvalue weighted by Crippen LogP contribution is 2.53. The van der Waals surface area contributed by atoms with Gasteiger partial charge in [0.05, 0.1) is 5.92 Å². The Hall–Kier alpha value is -1.65. The summed E-state index contributed by atoms with van der Waals surface area (Å²) in [7, 11) is 0. The van der Waals surface area contributed by atoms with Crippen molar-refractivity contribution < 1.29 is 19.2 Å². The number of allylic oxidation sites excluding steroid dienone is 2. The summed E-state index contributed by atoms with van der Waals surface area (Å²) in [5.41, 5.74) is 0. The fourth-order valence-electron chi connectivity index (χ4n) is 2.71. The van der Waals surface area contributed by atoms with Crippen LogP contribution in [0.25, 0.3) is 0 Å². The third-order valence-corrected chi connectivity index (χ3v) is 3.70. The Kier molecular flexibility index (Phi) is 3.79. The van der Waals surface area contributed by atoms with E-state index in [1.807, 2.05) is 0 Å². The van der Waals surface area contributed by atoms with Crippen molar-refractivity contribution >= 4 is 18.3 Å². The summed E-state index contributed by atoms with van der Waals surface area (Å²) >= 11 is 0. The van der Waals surface area contributed by atoms with Crippen LogP contribution in [0.1, 0.15) is 32.6 Å². The van der Waals surface area contributed by atoms with Crippen molar-refractivity contribution in [1.82, 2.24) is 5.06 Å². The normalized spacial score (nSPS) is 31.3. The zero-order valence-electron chi connectivity index (χ0n) is 10.4. The van der Waals surface area contributed by atoms with Crippen LogP contribution in [0.2, 0.25) is 0 Å². The first kappa shape index (κ1) is 12.8. The molecule has 2 unspecified atom stereocenters. The van der Waals surface area contributed by atoms with Crippen molar-refractivity contribution in [1.29, 1.82) is 0 Å². The molecule has 2 atom stereocenters. The highest BCUT2D eigenvalue weighted by Gasteiger charge is 2.55. The lowest BCUT2D eigenvalue weighted by molar-refractivity contribution is -0.197. The van der Waals surface area contributed by atoms with Gasteiger partial charge in [-0.1, -0.05) is 12.2 Å². The SMILES string of the molecule is CC(=O)N(C=O)OC(=O)C1C2CC/C=C\CCC21. The van der Waals surface area contributed by atoms with Crippen LogP contribution in [-0.4, -0.2) is 23.3 Å². The number of rotatable bonds is 2. The summed E-state index contributed by atoms with van der Waals surface area (Å²) in [6.45, 7) is 1.18. The maximum absolute atomic E-state index is 11.9. The molecule has 5 nitrogen and oxygen atoms in total. The van der Waals surface area contributed by atoms with E-state index in [1.165, 1.54) is 6.92 Å². The molecule has 2 rings (SSSR count). The number of imide groups is 1. The molecular formula is C13H17NO4. The summed E-state index contributed by atoms with van der Waals surface area (Å²) in [5.74, 6) is -0.482. The molecule has 0 aliphatic heterocycles. The van der Waals surface area contributed by atoms with E-state index < -0.39 is 11.9 Å². The second-order valence-corrected chi connectivity index (χ2v) is 4.84. The minimum Gasteiger partial charge on any atom is -0.330 e. The lowest BCUT2D eigenvalue weighted by atomic mass is 10.1. The molecule has 2 aliphatic carbocycles. The van der Waals surface area contributed by atoms with Crippen LogP contribution < -0.4 is 0 Å². The summed E-state index contributed by atoms with van der Waals surface area (Å²) in [4.78, 5) is 38.2. The van der Waals surface area contributed by atoms with E-state index in [-0.39, 0.29) is 12.3 Å². The van der Waals surface area contributed by atoms with E-state index in [2.05, 4.69) is 12.2 Å². The van der Waals surface area contributed by atoms with Crippen molar-refractivity contribution in [3.63, 3.8) is 0 Å². The highest BCUT2D eigenvalue weighted by atomic mass is 16.7. The van der Waals surface area contributed by atoms with Gasteiger partial charge in [0.2, 0.25) is 0 Å². The van der Waals surface area contributed by atoms with E-state index in [0.717, 1.165) is 25.7 Å². The van der Waals surface area contributed by atoms with Gasteiger partial charge in [0.15, 0.2) is 0 Å². The van der Waals surface area contributed by atoms with Crippen molar-refractivity contribution in [2.75, 3.05) is 0 Å². The van der Waals surface area contributed by atoms with Crippen LogP contribution in [0, 0.1) is 17.8 Å². The molecule has 0 radical (unpaired) electrons. The molecule has 0 saturated heterocycles. The molecular weight excluding hydrogens is 234 g/mol. The molecule has 1 saturated carbocycles. The predicted molar refractivity (Wildman–Crippen MR) is 62.8 cm³/mol. The number of hydroxylamine groups is 2. The number of hydrogen-bond donors (Lipinski definition) is 0.